The third-order valence-electron chi connectivity index (χ3n) is 1.60. The molecule has 0 bridgehead atoms. The molecule has 0 aromatic rings. The standard InChI is InChI=1S/C6H7Cl3N2O3/c7-6(8,9)2-14-5(13)11-1-3(10)4(11)12/h3H,1-2,10H2/p+1/t3-/m0/s1. The van der Waals surface area contributed by atoms with Crippen molar-refractivity contribution in [1.29, 1.82) is 0 Å². The molecule has 2 amide bonds. The molecule has 0 spiro atoms. The molecule has 14 heavy (non-hydrogen) atoms. The Morgan fingerprint density at radius 1 is 1.64 bits per heavy atom. The number of halogens is 3. The molecule has 1 atom stereocenters. The molecule has 8 heteroatoms. The number of carbonyl (C=O) groups excluding carboxylic acids is 2. The number of ether oxygens (including phenoxy) is 1. The summed E-state index contributed by atoms with van der Waals surface area (Å²) in [6, 6.07) is -0.379. The van der Waals surface area contributed by atoms with Gasteiger partial charge >= 0.3 is 6.09 Å². The van der Waals surface area contributed by atoms with Gasteiger partial charge in [0.2, 0.25) is 3.79 Å². The first kappa shape index (κ1) is 11.8. The van der Waals surface area contributed by atoms with Gasteiger partial charge in [0.05, 0.1) is 6.54 Å². The minimum absolute atomic E-state index is 0.248. The van der Waals surface area contributed by atoms with Crippen LogP contribution in [0.3, 0.4) is 0 Å². The van der Waals surface area contributed by atoms with Crippen molar-refractivity contribution < 1.29 is 20.1 Å². The number of hydrogen-bond acceptors (Lipinski definition) is 3. The smallest absolute Gasteiger partial charge is 0.417 e. The molecule has 5 nitrogen and oxygen atoms in total. The number of imide groups is 1. The molecule has 0 saturated carbocycles. The van der Waals surface area contributed by atoms with E-state index in [1.54, 1.807) is 0 Å². The zero-order valence-corrected chi connectivity index (χ0v) is 9.27. The number of likely N-dealkylation sites (tertiary alicyclic amines) is 1. The zero-order chi connectivity index (χ0) is 10.9. The van der Waals surface area contributed by atoms with Gasteiger partial charge in [0.1, 0.15) is 6.61 Å². The van der Waals surface area contributed by atoms with Crippen LogP contribution in [0.5, 0.6) is 0 Å². The number of hydrogen-bond donors (Lipinski definition) is 1. The van der Waals surface area contributed by atoms with E-state index in [1.165, 1.54) is 0 Å². The summed E-state index contributed by atoms with van der Waals surface area (Å²) in [4.78, 5) is 23.0. The average Bonchev–Trinajstić information content (AvgIpc) is 2.08. The number of β-lactam (4-membered cyclic amide) rings is 1. The summed E-state index contributed by atoms with van der Waals surface area (Å²) in [5.74, 6) is -0.376. The van der Waals surface area contributed by atoms with Crippen molar-refractivity contribution in [3.05, 3.63) is 0 Å². The largest absolute Gasteiger partial charge is 0.445 e. The summed E-state index contributed by atoms with van der Waals surface area (Å²) in [6.07, 6.45) is -0.804. The van der Waals surface area contributed by atoms with E-state index >= 15 is 0 Å². The molecular formula is C6H8Cl3N2O3+. The van der Waals surface area contributed by atoms with Crippen molar-refractivity contribution in [1.82, 2.24) is 4.90 Å². The second kappa shape index (κ2) is 4.10. The lowest BCUT2D eigenvalue weighted by Crippen LogP contribution is -2.79. The van der Waals surface area contributed by atoms with Crippen molar-refractivity contribution in [3.63, 3.8) is 0 Å². The third-order valence-corrected chi connectivity index (χ3v) is 1.93. The number of rotatable bonds is 1. The lowest BCUT2D eigenvalue weighted by Gasteiger charge is -2.30. The minimum atomic E-state index is -1.66. The predicted molar refractivity (Wildman–Crippen MR) is 50.0 cm³/mol. The van der Waals surface area contributed by atoms with E-state index in [4.69, 9.17) is 34.8 Å². The lowest BCUT2D eigenvalue weighted by atomic mass is 10.1. The van der Waals surface area contributed by atoms with Crippen molar-refractivity contribution in [2.24, 2.45) is 0 Å². The maximum atomic E-state index is 11.1. The summed E-state index contributed by atoms with van der Waals surface area (Å²) in [7, 11) is 0. The van der Waals surface area contributed by atoms with Crippen LogP contribution in [0.25, 0.3) is 0 Å². The molecule has 1 rings (SSSR count). The SMILES string of the molecule is [NH3+][C@H]1CN(C(=O)OCC(Cl)(Cl)Cl)C1=O. The quantitative estimate of drug-likeness (QED) is 0.532. The monoisotopic (exact) mass is 261 g/mol. The molecule has 1 heterocycles. The van der Waals surface area contributed by atoms with Gasteiger partial charge in [-0.1, -0.05) is 34.8 Å². The van der Waals surface area contributed by atoms with Crippen LogP contribution >= 0.6 is 34.8 Å². The van der Waals surface area contributed by atoms with Crippen LogP contribution in [0.4, 0.5) is 4.79 Å². The Kier molecular flexibility index (Phi) is 3.47. The van der Waals surface area contributed by atoms with Gasteiger partial charge in [-0.05, 0) is 0 Å². The van der Waals surface area contributed by atoms with Crippen LogP contribution in [-0.4, -0.2) is 39.9 Å². The van der Waals surface area contributed by atoms with Crippen molar-refractivity contribution in [2.75, 3.05) is 13.2 Å². The molecule has 0 aliphatic carbocycles. The van der Waals surface area contributed by atoms with E-state index in [0.717, 1.165) is 4.90 Å². The van der Waals surface area contributed by atoms with Gasteiger partial charge in [-0.25, -0.2) is 9.69 Å². The number of nitrogens with zero attached hydrogens (tertiary/aromatic N) is 1. The molecule has 1 saturated heterocycles. The summed E-state index contributed by atoms with van der Waals surface area (Å²) < 4.78 is 2.91. The summed E-state index contributed by atoms with van der Waals surface area (Å²) in [5.41, 5.74) is 3.49. The van der Waals surface area contributed by atoms with Crippen LogP contribution in [0.1, 0.15) is 0 Å². The van der Waals surface area contributed by atoms with Crippen molar-refractivity contribution in [3.8, 4) is 0 Å². The first-order valence-corrected chi connectivity index (χ1v) is 4.82. The highest BCUT2D eigenvalue weighted by atomic mass is 35.6. The number of carbonyl (C=O) groups is 2. The zero-order valence-electron chi connectivity index (χ0n) is 7.00. The molecule has 3 N–H and O–H groups in total. The lowest BCUT2D eigenvalue weighted by molar-refractivity contribution is -0.419. The van der Waals surface area contributed by atoms with Crippen LogP contribution in [0.15, 0.2) is 0 Å². The highest BCUT2D eigenvalue weighted by Crippen LogP contribution is 2.26. The maximum absolute atomic E-state index is 11.1. The first-order valence-electron chi connectivity index (χ1n) is 3.69. The normalized spacial score (nSPS) is 21.9. The van der Waals surface area contributed by atoms with Gasteiger partial charge in [-0.3, -0.25) is 4.79 Å². The summed E-state index contributed by atoms with van der Waals surface area (Å²) in [5, 5.41) is 0. The van der Waals surface area contributed by atoms with Gasteiger partial charge in [0.25, 0.3) is 5.91 Å². The van der Waals surface area contributed by atoms with Gasteiger partial charge in [0.15, 0.2) is 6.04 Å². The second-order valence-electron chi connectivity index (χ2n) is 2.82. The number of quaternary nitrogens is 1. The molecule has 0 radical (unpaired) electrons. The van der Waals surface area contributed by atoms with Gasteiger partial charge in [0, 0.05) is 0 Å². The van der Waals surface area contributed by atoms with E-state index in [2.05, 4.69) is 10.5 Å². The topological polar surface area (TPSA) is 74.2 Å². The second-order valence-corrected chi connectivity index (χ2v) is 5.33. The highest BCUT2D eigenvalue weighted by molar-refractivity contribution is 6.67. The molecule has 1 aliphatic heterocycles. The Morgan fingerprint density at radius 2 is 2.21 bits per heavy atom. The molecule has 1 aliphatic rings. The predicted octanol–water partition coefficient (Wildman–Crippen LogP) is -0.0541. The van der Waals surface area contributed by atoms with E-state index < -0.39 is 9.89 Å². The molecule has 80 valence electrons. The Morgan fingerprint density at radius 3 is 2.57 bits per heavy atom. The number of alkyl halides is 3. The van der Waals surface area contributed by atoms with Crippen molar-refractivity contribution in [2.45, 2.75) is 9.83 Å². The fraction of sp³-hybridized carbons (Fsp3) is 0.667. The molecular weight excluding hydrogens is 254 g/mol. The van der Waals surface area contributed by atoms with Gasteiger partial charge in [-0.2, -0.15) is 0 Å². The fourth-order valence-electron chi connectivity index (χ4n) is 0.882. The van der Waals surface area contributed by atoms with Crippen LogP contribution in [0, 0.1) is 0 Å². The maximum Gasteiger partial charge on any atom is 0.417 e. The minimum Gasteiger partial charge on any atom is -0.445 e. The Hall–Kier alpha value is -0.230. The number of amides is 2. The van der Waals surface area contributed by atoms with Crippen LogP contribution < -0.4 is 5.73 Å². The summed E-state index contributed by atoms with van der Waals surface area (Å²) >= 11 is 16.0. The van der Waals surface area contributed by atoms with E-state index in [9.17, 15) is 9.59 Å². The Balaban J connectivity index is 2.34. The van der Waals surface area contributed by atoms with Crippen LogP contribution in [-0.2, 0) is 9.53 Å². The first-order chi connectivity index (χ1) is 6.31. The average molecular weight is 262 g/mol. The van der Waals surface area contributed by atoms with E-state index in [1.807, 2.05) is 0 Å². The van der Waals surface area contributed by atoms with Crippen molar-refractivity contribution >= 4 is 46.8 Å². The Bertz CT molecular complexity index is 266. The van der Waals surface area contributed by atoms with E-state index in [-0.39, 0.29) is 25.1 Å². The Labute approximate surface area is 95.0 Å². The highest BCUT2D eigenvalue weighted by Gasteiger charge is 2.43. The van der Waals surface area contributed by atoms with Gasteiger partial charge in [-0.15, -0.1) is 0 Å². The summed E-state index contributed by atoms with van der Waals surface area (Å²) in [6.45, 7) is -0.139. The molecule has 0 unspecified atom stereocenters. The third kappa shape index (κ3) is 2.88. The molecule has 0 aromatic heterocycles. The van der Waals surface area contributed by atoms with E-state index in [0.29, 0.717) is 0 Å². The van der Waals surface area contributed by atoms with Crippen LogP contribution in [0.2, 0.25) is 0 Å². The fourth-order valence-corrected chi connectivity index (χ4v) is 1.05. The molecule has 0 aromatic carbocycles. The molecule has 1 fully saturated rings. The van der Waals surface area contributed by atoms with Gasteiger partial charge < -0.3 is 10.5 Å².